The molecule has 20 heavy (non-hydrogen) atoms. The Hall–Kier alpha value is -1.40. The lowest BCUT2D eigenvalue weighted by atomic mass is 10.0. The van der Waals surface area contributed by atoms with E-state index in [9.17, 15) is 9.90 Å². The van der Waals surface area contributed by atoms with Crippen LogP contribution in [0.3, 0.4) is 0 Å². The van der Waals surface area contributed by atoms with Crippen molar-refractivity contribution in [2.45, 2.75) is 32.7 Å². The quantitative estimate of drug-likeness (QED) is 0.932. The number of aromatic nitrogens is 2. The zero-order valence-corrected chi connectivity index (χ0v) is 12.6. The lowest BCUT2D eigenvalue weighted by Gasteiger charge is -2.25. The summed E-state index contributed by atoms with van der Waals surface area (Å²) in [5.74, 6) is 0.474. The molecule has 0 radical (unpaired) electrons. The van der Waals surface area contributed by atoms with Gasteiger partial charge in [-0.25, -0.2) is 4.98 Å². The van der Waals surface area contributed by atoms with E-state index >= 15 is 0 Å². The number of aliphatic hydroxyl groups excluding tert-OH is 1. The summed E-state index contributed by atoms with van der Waals surface area (Å²) in [6, 6.07) is -0.0267. The Kier molecular flexibility index (Phi) is 3.52. The fraction of sp³-hybridized carbons (Fsp3) is 0.571. The number of rotatable bonds is 3. The molecular formula is C14H19N3O2S. The summed E-state index contributed by atoms with van der Waals surface area (Å²) in [6.07, 6.45) is 3.31. The van der Waals surface area contributed by atoms with E-state index in [-0.39, 0.29) is 18.6 Å². The molecule has 2 atom stereocenters. The summed E-state index contributed by atoms with van der Waals surface area (Å²) < 4.78 is 1.99. The number of fused-ring (bicyclic) bond motifs is 1. The summed E-state index contributed by atoms with van der Waals surface area (Å²) in [5.41, 5.74) is 1.94. The molecule has 0 saturated carbocycles. The van der Waals surface area contributed by atoms with Crippen molar-refractivity contribution in [1.29, 1.82) is 0 Å². The van der Waals surface area contributed by atoms with Gasteiger partial charge in [-0.1, -0.05) is 6.92 Å². The highest BCUT2D eigenvalue weighted by Crippen LogP contribution is 2.25. The van der Waals surface area contributed by atoms with Crippen LogP contribution in [0.25, 0.3) is 4.96 Å². The Labute approximate surface area is 121 Å². The fourth-order valence-corrected chi connectivity index (χ4v) is 3.84. The van der Waals surface area contributed by atoms with E-state index in [4.69, 9.17) is 0 Å². The Morgan fingerprint density at radius 3 is 3.15 bits per heavy atom. The van der Waals surface area contributed by atoms with Crippen molar-refractivity contribution in [3.05, 3.63) is 23.0 Å². The third-order valence-corrected chi connectivity index (χ3v) is 5.01. The van der Waals surface area contributed by atoms with Gasteiger partial charge in [-0.3, -0.25) is 9.20 Å². The van der Waals surface area contributed by atoms with Crippen LogP contribution in [0.4, 0.5) is 0 Å². The van der Waals surface area contributed by atoms with Gasteiger partial charge in [0.2, 0.25) is 5.91 Å². The molecule has 2 aromatic rings. The van der Waals surface area contributed by atoms with Crippen molar-refractivity contribution < 1.29 is 9.90 Å². The predicted octanol–water partition coefficient (Wildman–Crippen LogP) is 1.48. The minimum absolute atomic E-state index is 0.0267. The first-order chi connectivity index (χ1) is 9.60. The molecule has 1 N–H and O–H groups in total. The average molecular weight is 293 g/mol. The van der Waals surface area contributed by atoms with Crippen LogP contribution in [-0.2, 0) is 11.2 Å². The van der Waals surface area contributed by atoms with Crippen LogP contribution in [0.5, 0.6) is 0 Å². The number of aryl methyl sites for hydroxylation is 1. The van der Waals surface area contributed by atoms with Crippen molar-refractivity contribution in [3.63, 3.8) is 0 Å². The first kappa shape index (κ1) is 13.6. The molecule has 1 fully saturated rings. The van der Waals surface area contributed by atoms with Crippen LogP contribution in [0.1, 0.15) is 24.7 Å². The molecule has 6 heteroatoms. The predicted molar refractivity (Wildman–Crippen MR) is 77.9 cm³/mol. The molecule has 0 aliphatic carbocycles. The van der Waals surface area contributed by atoms with Crippen LogP contribution in [-0.4, -0.2) is 44.5 Å². The second kappa shape index (κ2) is 5.18. The Morgan fingerprint density at radius 1 is 1.60 bits per heavy atom. The molecule has 1 aliphatic rings. The summed E-state index contributed by atoms with van der Waals surface area (Å²) in [6.45, 7) is 4.85. The summed E-state index contributed by atoms with van der Waals surface area (Å²) >= 11 is 1.56. The molecule has 108 valence electrons. The van der Waals surface area contributed by atoms with Gasteiger partial charge in [-0.2, -0.15) is 0 Å². The van der Waals surface area contributed by atoms with Crippen molar-refractivity contribution in [3.8, 4) is 0 Å². The third-order valence-electron chi connectivity index (χ3n) is 4.13. The van der Waals surface area contributed by atoms with Gasteiger partial charge in [-0.05, 0) is 19.3 Å². The molecule has 5 nitrogen and oxygen atoms in total. The van der Waals surface area contributed by atoms with Crippen molar-refractivity contribution in [2.24, 2.45) is 5.92 Å². The monoisotopic (exact) mass is 293 g/mol. The number of amides is 1. The topological polar surface area (TPSA) is 57.8 Å². The first-order valence-corrected chi connectivity index (χ1v) is 7.80. The zero-order chi connectivity index (χ0) is 14.3. The normalized spacial score (nSPS) is 22.9. The van der Waals surface area contributed by atoms with E-state index in [2.05, 4.69) is 11.9 Å². The van der Waals surface area contributed by atoms with Crippen LogP contribution >= 0.6 is 11.3 Å². The van der Waals surface area contributed by atoms with Gasteiger partial charge in [0.05, 0.1) is 24.8 Å². The lowest BCUT2D eigenvalue weighted by molar-refractivity contribution is -0.132. The minimum atomic E-state index is -0.0267. The van der Waals surface area contributed by atoms with Gasteiger partial charge < -0.3 is 10.0 Å². The molecular weight excluding hydrogens is 274 g/mol. The molecule has 0 spiro atoms. The van der Waals surface area contributed by atoms with Crippen molar-refractivity contribution in [1.82, 2.24) is 14.3 Å². The molecule has 3 rings (SSSR count). The molecule has 0 bridgehead atoms. The molecule has 2 unspecified atom stereocenters. The second-order valence-corrected chi connectivity index (χ2v) is 6.38. The van der Waals surface area contributed by atoms with Crippen molar-refractivity contribution >= 4 is 22.2 Å². The van der Waals surface area contributed by atoms with E-state index in [0.29, 0.717) is 12.3 Å². The lowest BCUT2D eigenvalue weighted by Crippen LogP contribution is -2.40. The Bertz CT molecular complexity index is 633. The minimum Gasteiger partial charge on any atom is -0.394 e. The van der Waals surface area contributed by atoms with E-state index < -0.39 is 0 Å². The SMILES string of the molecule is Cc1cn2c(CC(=O)N3CCC(C)C3CO)csc2n1. The van der Waals surface area contributed by atoms with Gasteiger partial charge in [0, 0.05) is 23.8 Å². The van der Waals surface area contributed by atoms with Crippen LogP contribution < -0.4 is 0 Å². The standard InChI is InChI=1S/C14H19N3O2S/c1-9-3-4-16(12(9)7-18)13(19)5-11-8-20-14-15-10(2)6-17(11)14/h6,8-9,12,18H,3-5,7H2,1-2H3. The number of carbonyl (C=O) groups is 1. The number of hydrogen-bond acceptors (Lipinski definition) is 4. The summed E-state index contributed by atoms with van der Waals surface area (Å²) in [7, 11) is 0. The van der Waals surface area contributed by atoms with Gasteiger partial charge in [0.15, 0.2) is 4.96 Å². The average Bonchev–Trinajstić information content (AvgIpc) is 3.05. The highest BCUT2D eigenvalue weighted by Gasteiger charge is 2.33. The molecule has 1 aliphatic heterocycles. The smallest absolute Gasteiger partial charge is 0.228 e. The van der Waals surface area contributed by atoms with E-state index in [1.807, 2.05) is 27.8 Å². The van der Waals surface area contributed by atoms with Crippen LogP contribution in [0.2, 0.25) is 0 Å². The Morgan fingerprint density at radius 2 is 2.40 bits per heavy atom. The van der Waals surface area contributed by atoms with E-state index in [0.717, 1.165) is 29.3 Å². The molecule has 1 amide bonds. The van der Waals surface area contributed by atoms with E-state index in [1.165, 1.54) is 0 Å². The van der Waals surface area contributed by atoms with E-state index in [1.54, 1.807) is 11.3 Å². The summed E-state index contributed by atoms with van der Waals surface area (Å²) in [4.78, 5) is 19.6. The second-order valence-electron chi connectivity index (χ2n) is 5.54. The van der Waals surface area contributed by atoms with Gasteiger partial charge in [0.1, 0.15) is 0 Å². The number of imidazole rings is 1. The van der Waals surface area contributed by atoms with Gasteiger partial charge in [-0.15, -0.1) is 11.3 Å². The number of aliphatic hydroxyl groups is 1. The van der Waals surface area contributed by atoms with Crippen LogP contribution in [0.15, 0.2) is 11.6 Å². The number of carbonyl (C=O) groups excluding carboxylic acids is 1. The third kappa shape index (κ3) is 2.23. The molecule has 0 aromatic carbocycles. The number of likely N-dealkylation sites (tertiary alicyclic amines) is 1. The highest BCUT2D eigenvalue weighted by molar-refractivity contribution is 7.15. The molecule has 2 aromatic heterocycles. The van der Waals surface area contributed by atoms with Gasteiger partial charge >= 0.3 is 0 Å². The maximum Gasteiger partial charge on any atom is 0.228 e. The molecule has 1 saturated heterocycles. The maximum atomic E-state index is 12.5. The first-order valence-electron chi connectivity index (χ1n) is 6.92. The van der Waals surface area contributed by atoms with Crippen LogP contribution in [0, 0.1) is 12.8 Å². The summed E-state index contributed by atoms with van der Waals surface area (Å²) in [5, 5.41) is 11.4. The number of thiazole rings is 1. The van der Waals surface area contributed by atoms with Crippen molar-refractivity contribution in [2.75, 3.05) is 13.2 Å². The highest BCUT2D eigenvalue weighted by atomic mass is 32.1. The Balaban J connectivity index is 1.78. The maximum absolute atomic E-state index is 12.5. The fourth-order valence-electron chi connectivity index (χ4n) is 2.92. The largest absolute Gasteiger partial charge is 0.394 e. The number of nitrogens with zero attached hydrogens (tertiary/aromatic N) is 3. The number of hydrogen-bond donors (Lipinski definition) is 1. The zero-order valence-electron chi connectivity index (χ0n) is 11.7. The van der Waals surface area contributed by atoms with Gasteiger partial charge in [0.25, 0.3) is 0 Å². The molecule has 3 heterocycles.